The Kier molecular flexibility index (Phi) is 6.94. The minimum atomic E-state index is -0.805. The Labute approximate surface area is 212 Å². The Bertz CT molecular complexity index is 1180. The number of β-lactam (4-membered cyclic amide) rings is 1. The molecule has 2 aromatic rings. The van der Waals surface area contributed by atoms with Crippen LogP contribution in [0.25, 0.3) is 0 Å². The SMILES string of the molecule is C[C@@H](O)[C@H]1C(=O)N2C(C(=O)OCc3ccc([N+](=O)[O-])cc3)=C(SC3Cn4ccc[n+]4C3)[C@H](C)[C@H]12.[Cl-]. The largest absolute Gasteiger partial charge is 1.00 e. The second-order valence-corrected chi connectivity index (χ2v) is 10.3. The number of rotatable bonds is 7. The fourth-order valence-electron chi connectivity index (χ4n) is 5.07. The van der Waals surface area contributed by atoms with Gasteiger partial charge in [-0.05, 0) is 24.6 Å². The summed E-state index contributed by atoms with van der Waals surface area (Å²) < 4.78 is 9.78. The summed E-state index contributed by atoms with van der Waals surface area (Å²) >= 11 is 1.60. The highest BCUT2D eigenvalue weighted by Gasteiger charge is 2.60. The van der Waals surface area contributed by atoms with Crippen molar-refractivity contribution in [3.8, 4) is 0 Å². The van der Waals surface area contributed by atoms with Gasteiger partial charge in [-0.2, -0.15) is 4.68 Å². The number of amides is 1. The highest BCUT2D eigenvalue weighted by Crippen LogP contribution is 2.51. The van der Waals surface area contributed by atoms with Crippen LogP contribution in [0.3, 0.4) is 0 Å². The van der Waals surface area contributed by atoms with Crippen molar-refractivity contribution in [2.24, 2.45) is 11.8 Å². The molecule has 12 heteroatoms. The molecule has 10 nitrogen and oxygen atoms in total. The number of hydrogen-bond acceptors (Lipinski definition) is 7. The molecule has 1 N–H and O–H groups in total. The van der Waals surface area contributed by atoms with Gasteiger partial charge >= 0.3 is 5.97 Å². The van der Waals surface area contributed by atoms with Crippen LogP contribution in [0.5, 0.6) is 0 Å². The number of benzene rings is 1. The lowest BCUT2D eigenvalue weighted by atomic mass is 9.79. The minimum absolute atomic E-state index is 0. The topological polar surface area (TPSA) is 119 Å². The Morgan fingerprint density at radius 2 is 2.09 bits per heavy atom. The predicted octanol–water partition coefficient (Wildman–Crippen LogP) is -1.38. The molecule has 0 spiro atoms. The number of aromatic nitrogens is 2. The number of fused-ring (bicyclic) bond motifs is 2. The average molecular weight is 521 g/mol. The number of halogens is 1. The molecule has 0 saturated carbocycles. The van der Waals surface area contributed by atoms with Gasteiger partial charge in [0.1, 0.15) is 12.3 Å². The van der Waals surface area contributed by atoms with Crippen LogP contribution in [0.4, 0.5) is 5.69 Å². The van der Waals surface area contributed by atoms with Crippen LogP contribution in [0.1, 0.15) is 19.4 Å². The van der Waals surface area contributed by atoms with E-state index in [4.69, 9.17) is 4.74 Å². The minimum Gasteiger partial charge on any atom is -1.00 e. The van der Waals surface area contributed by atoms with Crippen molar-refractivity contribution in [2.45, 2.75) is 50.9 Å². The Morgan fingerprint density at radius 1 is 1.37 bits per heavy atom. The van der Waals surface area contributed by atoms with Gasteiger partial charge in [0, 0.05) is 29.0 Å². The summed E-state index contributed by atoms with van der Waals surface area (Å²) in [6, 6.07) is 7.51. The van der Waals surface area contributed by atoms with Crippen LogP contribution < -0.4 is 17.1 Å². The van der Waals surface area contributed by atoms with Crippen molar-refractivity contribution < 1.29 is 41.4 Å². The zero-order chi connectivity index (χ0) is 24.1. The molecule has 4 heterocycles. The first-order chi connectivity index (χ1) is 16.3. The summed E-state index contributed by atoms with van der Waals surface area (Å²) in [7, 11) is 0. The van der Waals surface area contributed by atoms with Crippen LogP contribution in [-0.4, -0.2) is 48.9 Å². The molecule has 1 fully saturated rings. The number of carbonyl (C=O) groups excluding carboxylic acids is 2. The lowest BCUT2D eigenvalue weighted by Gasteiger charge is -2.46. The number of esters is 1. The molecule has 186 valence electrons. The number of ether oxygens (including phenoxy) is 1. The maximum atomic E-state index is 13.2. The number of aliphatic hydroxyl groups excluding tert-OH is 1. The van der Waals surface area contributed by atoms with Crippen molar-refractivity contribution in [3.63, 3.8) is 0 Å². The predicted molar refractivity (Wildman–Crippen MR) is 121 cm³/mol. The number of hydrogen-bond donors (Lipinski definition) is 1. The molecule has 4 atom stereocenters. The first-order valence-corrected chi connectivity index (χ1v) is 12.0. The van der Waals surface area contributed by atoms with Crippen LogP contribution in [-0.2, 0) is 34.0 Å². The first kappa shape index (κ1) is 25.2. The number of non-ortho nitro benzene ring substituents is 1. The van der Waals surface area contributed by atoms with Crippen LogP contribution in [0.2, 0.25) is 0 Å². The van der Waals surface area contributed by atoms with E-state index in [-0.39, 0.29) is 53.5 Å². The summed E-state index contributed by atoms with van der Waals surface area (Å²) in [5.74, 6) is -1.51. The van der Waals surface area contributed by atoms with Crippen LogP contribution >= 0.6 is 11.8 Å². The molecule has 1 amide bonds. The van der Waals surface area contributed by atoms with Gasteiger partial charge < -0.3 is 27.2 Å². The van der Waals surface area contributed by atoms with Crippen LogP contribution in [0, 0.1) is 22.0 Å². The highest BCUT2D eigenvalue weighted by molar-refractivity contribution is 8.03. The van der Waals surface area contributed by atoms with E-state index in [1.807, 2.05) is 25.4 Å². The Hall–Kier alpha value is -2.89. The standard InChI is InChI=1S/C23H25N4O6S.ClH/c1-13-19-18(14(2)28)22(29)26(19)20(21(13)34-17-10-24-8-3-9-25(24)11-17)23(30)33-12-15-4-6-16(7-5-15)27(31)32;/h3-9,13-14,17-19,28H,10-12H2,1-2H3;1H/q+1;/p-1/t13-,14-,18-,19-;/m1./s1. The summed E-state index contributed by atoms with van der Waals surface area (Å²) in [4.78, 5) is 38.8. The number of nitro groups is 1. The van der Waals surface area contributed by atoms with Crippen molar-refractivity contribution >= 4 is 29.3 Å². The maximum absolute atomic E-state index is 13.2. The number of carbonyl (C=O) groups is 2. The highest BCUT2D eigenvalue weighted by atomic mass is 35.5. The third kappa shape index (κ3) is 4.32. The summed E-state index contributed by atoms with van der Waals surface area (Å²) in [5, 5.41) is 21.2. The molecule has 1 aromatic heterocycles. The molecular formula is C23H25ClN4O6S. The summed E-state index contributed by atoms with van der Waals surface area (Å²) in [6.07, 6.45) is 3.21. The number of aliphatic hydroxyl groups is 1. The van der Waals surface area contributed by atoms with E-state index in [0.29, 0.717) is 5.56 Å². The van der Waals surface area contributed by atoms with E-state index in [1.54, 1.807) is 18.7 Å². The molecule has 3 aliphatic rings. The quantitative estimate of drug-likeness (QED) is 0.157. The molecule has 0 radical (unpaired) electrons. The molecule has 5 rings (SSSR count). The van der Waals surface area contributed by atoms with Crippen molar-refractivity contribution in [3.05, 3.63) is 69.0 Å². The van der Waals surface area contributed by atoms with Gasteiger partial charge in [-0.25, -0.2) is 4.79 Å². The van der Waals surface area contributed by atoms with E-state index in [0.717, 1.165) is 18.0 Å². The molecule has 0 aliphatic carbocycles. The number of nitrogens with zero attached hydrogens (tertiary/aromatic N) is 4. The second-order valence-electron chi connectivity index (χ2n) is 8.94. The zero-order valence-corrected chi connectivity index (χ0v) is 20.7. The van der Waals surface area contributed by atoms with Crippen molar-refractivity contribution in [1.29, 1.82) is 0 Å². The van der Waals surface area contributed by atoms with Gasteiger partial charge in [-0.15, -0.1) is 16.4 Å². The monoisotopic (exact) mass is 520 g/mol. The van der Waals surface area contributed by atoms with Gasteiger partial charge in [0.2, 0.25) is 5.91 Å². The van der Waals surface area contributed by atoms with Gasteiger partial charge in [-0.3, -0.25) is 14.9 Å². The summed E-state index contributed by atoms with van der Waals surface area (Å²) in [6.45, 7) is 5.10. The lowest BCUT2D eigenvalue weighted by Crippen LogP contribution is -3.00. The molecule has 35 heavy (non-hydrogen) atoms. The molecule has 1 saturated heterocycles. The second kappa shape index (κ2) is 9.63. The molecule has 1 aromatic carbocycles. The fraction of sp³-hybridized carbons (Fsp3) is 0.435. The zero-order valence-electron chi connectivity index (χ0n) is 19.1. The normalized spacial score (nSPS) is 25.5. The van der Waals surface area contributed by atoms with E-state index < -0.39 is 22.9 Å². The lowest BCUT2D eigenvalue weighted by molar-refractivity contribution is -0.757. The van der Waals surface area contributed by atoms with Crippen molar-refractivity contribution in [2.75, 3.05) is 0 Å². The van der Waals surface area contributed by atoms with Gasteiger partial charge in [-0.1, -0.05) is 6.92 Å². The average Bonchev–Trinajstić information content (AvgIpc) is 3.44. The Balaban J connectivity index is 0.00000289. The molecule has 0 bridgehead atoms. The van der Waals surface area contributed by atoms with Crippen LogP contribution in [0.15, 0.2) is 53.3 Å². The van der Waals surface area contributed by atoms with E-state index >= 15 is 0 Å². The van der Waals surface area contributed by atoms with Gasteiger partial charge in [0.15, 0.2) is 12.7 Å². The first-order valence-electron chi connectivity index (χ1n) is 11.1. The number of nitro benzene ring substituents is 1. The van der Waals surface area contributed by atoms with E-state index in [1.165, 1.54) is 29.2 Å². The van der Waals surface area contributed by atoms with E-state index in [9.17, 15) is 24.8 Å². The summed E-state index contributed by atoms with van der Waals surface area (Å²) in [5.41, 5.74) is 0.826. The maximum Gasteiger partial charge on any atom is 0.356 e. The molecule has 3 aliphatic heterocycles. The van der Waals surface area contributed by atoms with Crippen molar-refractivity contribution in [1.82, 2.24) is 9.58 Å². The third-order valence-corrected chi connectivity index (χ3v) is 8.19. The molecule has 0 unspecified atom stereocenters. The van der Waals surface area contributed by atoms with E-state index in [2.05, 4.69) is 9.36 Å². The third-order valence-electron chi connectivity index (χ3n) is 6.74. The van der Waals surface area contributed by atoms with Gasteiger partial charge in [0.05, 0.1) is 41.0 Å². The molecular weight excluding hydrogens is 496 g/mol. The number of thioether (sulfide) groups is 1. The van der Waals surface area contributed by atoms with Gasteiger partial charge in [0.25, 0.3) is 5.69 Å². The fourth-order valence-corrected chi connectivity index (χ4v) is 6.53. The Morgan fingerprint density at radius 3 is 2.71 bits per heavy atom. The smallest absolute Gasteiger partial charge is 0.356 e.